The van der Waals surface area contributed by atoms with Crippen molar-refractivity contribution in [1.29, 1.82) is 0 Å². The van der Waals surface area contributed by atoms with E-state index in [-0.39, 0.29) is 24.8 Å². The molecular formula is C17H23BrN2O5S. The lowest BCUT2D eigenvalue weighted by atomic mass is 9.86. The molecule has 1 aromatic heterocycles. The van der Waals surface area contributed by atoms with Crippen LogP contribution in [-0.4, -0.2) is 51.3 Å². The number of hydrogen-bond acceptors (Lipinski definition) is 6. The van der Waals surface area contributed by atoms with Crippen molar-refractivity contribution in [3.05, 3.63) is 15.0 Å². The van der Waals surface area contributed by atoms with Crippen LogP contribution in [0.25, 0.3) is 0 Å². The van der Waals surface area contributed by atoms with Gasteiger partial charge in [-0.3, -0.25) is 0 Å². The largest absolute Gasteiger partial charge is 0.480 e. The molecule has 1 amide bonds. The molecule has 2 fully saturated rings. The number of halogens is 1. The van der Waals surface area contributed by atoms with Crippen molar-refractivity contribution in [3.63, 3.8) is 0 Å². The van der Waals surface area contributed by atoms with E-state index in [2.05, 4.69) is 20.9 Å². The number of carbonyl (C=O) groups is 2. The first-order chi connectivity index (χ1) is 12.1. The number of nitrogens with zero attached hydrogens (tertiary/aromatic N) is 2. The highest BCUT2D eigenvalue weighted by Gasteiger charge is 2.54. The van der Waals surface area contributed by atoms with Crippen LogP contribution in [0.4, 0.5) is 4.79 Å². The van der Waals surface area contributed by atoms with Crippen LogP contribution in [-0.2, 0) is 19.9 Å². The lowest BCUT2D eigenvalue weighted by molar-refractivity contribution is -0.158. The maximum atomic E-state index is 12.6. The standard InChI is InChI=1S/C17H23BrN2O5S/c1-16(2,3)25-15(23)20-10-4-5-11(20)7-17(6-10,24-8-13(21)22)14-19-12(18)9-26-14/h9-11H,4-8H2,1-3H3,(H,21,22). The van der Waals surface area contributed by atoms with Crippen LogP contribution in [0.2, 0.25) is 0 Å². The SMILES string of the molecule is CC(C)(C)OC(=O)N1C2CCC1CC(OCC(=O)O)(c1nc(Br)cs1)C2. The second-order valence-electron chi connectivity index (χ2n) is 7.83. The lowest BCUT2D eigenvalue weighted by Gasteiger charge is -2.45. The lowest BCUT2D eigenvalue weighted by Crippen LogP contribution is -2.54. The number of carbonyl (C=O) groups excluding carboxylic acids is 1. The van der Waals surface area contributed by atoms with E-state index in [1.54, 1.807) is 0 Å². The van der Waals surface area contributed by atoms with Gasteiger partial charge in [-0.15, -0.1) is 11.3 Å². The fraction of sp³-hybridized carbons (Fsp3) is 0.706. The van der Waals surface area contributed by atoms with Crippen molar-refractivity contribution < 1.29 is 24.2 Å². The van der Waals surface area contributed by atoms with Gasteiger partial charge in [0.05, 0.1) is 0 Å². The van der Waals surface area contributed by atoms with Gasteiger partial charge in [0, 0.05) is 30.3 Å². The van der Waals surface area contributed by atoms with E-state index >= 15 is 0 Å². The zero-order chi connectivity index (χ0) is 19.1. The summed E-state index contributed by atoms with van der Waals surface area (Å²) in [7, 11) is 0. The summed E-state index contributed by atoms with van der Waals surface area (Å²) >= 11 is 4.81. The number of hydrogen-bond donors (Lipinski definition) is 1. The first-order valence-corrected chi connectivity index (χ1v) is 10.3. The molecule has 1 N–H and O–H groups in total. The summed E-state index contributed by atoms with van der Waals surface area (Å²) in [5.41, 5.74) is -1.33. The maximum absolute atomic E-state index is 12.6. The third-order valence-electron chi connectivity index (χ3n) is 4.69. The number of carboxylic acids is 1. The van der Waals surface area contributed by atoms with Gasteiger partial charge in [-0.2, -0.15) is 0 Å². The molecule has 2 unspecified atom stereocenters. The summed E-state index contributed by atoms with van der Waals surface area (Å²) in [4.78, 5) is 30.0. The van der Waals surface area contributed by atoms with E-state index in [0.29, 0.717) is 17.4 Å². The average molecular weight is 447 g/mol. The summed E-state index contributed by atoms with van der Waals surface area (Å²) in [5.74, 6) is -1.01. The molecule has 0 aliphatic carbocycles. The first kappa shape index (κ1) is 19.6. The molecule has 0 aromatic carbocycles. The van der Waals surface area contributed by atoms with Gasteiger partial charge in [0.15, 0.2) is 0 Å². The molecule has 2 saturated heterocycles. The summed E-state index contributed by atoms with van der Waals surface area (Å²) in [6, 6.07) is -0.0832. The third kappa shape index (κ3) is 4.04. The van der Waals surface area contributed by atoms with Crippen LogP contribution in [0.1, 0.15) is 51.5 Å². The van der Waals surface area contributed by atoms with Crippen LogP contribution < -0.4 is 0 Å². The van der Waals surface area contributed by atoms with Crippen LogP contribution in [0.15, 0.2) is 9.98 Å². The highest BCUT2D eigenvalue weighted by molar-refractivity contribution is 9.10. The molecule has 2 bridgehead atoms. The molecule has 26 heavy (non-hydrogen) atoms. The second kappa shape index (κ2) is 7.09. The van der Waals surface area contributed by atoms with E-state index < -0.39 is 17.2 Å². The number of thiazole rings is 1. The number of rotatable bonds is 4. The maximum Gasteiger partial charge on any atom is 0.410 e. The van der Waals surface area contributed by atoms with Gasteiger partial charge in [0.1, 0.15) is 27.4 Å². The van der Waals surface area contributed by atoms with Crippen molar-refractivity contribution in [2.75, 3.05) is 6.61 Å². The van der Waals surface area contributed by atoms with Crippen molar-refractivity contribution in [2.24, 2.45) is 0 Å². The molecule has 9 heteroatoms. The molecule has 3 heterocycles. The van der Waals surface area contributed by atoms with Gasteiger partial charge in [0.2, 0.25) is 0 Å². The Kier molecular flexibility index (Phi) is 5.33. The van der Waals surface area contributed by atoms with Crippen LogP contribution >= 0.6 is 27.3 Å². The number of aliphatic carboxylic acids is 1. The highest BCUT2D eigenvalue weighted by atomic mass is 79.9. The van der Waals surface area contributed by atoms with Crippen molar-refractivity contribution in [3.8, 4) is 0 Å². The van der Waals surface area contributed by atoms with Gasteiger partial charge < -0.3 is 19.5 Å². The quantitative estimate of drug-likeness (QED) is 0.756. The summed E-state index contributed by atoms with van der Waals surface area (Å²) in [6.07, 6.45) is 2.45. The molecule has 1 aromatic rings. The normalized spacial score (nSPS) is 28.2. The minimum Gasteiger partial charge on any atom is -0.480 e. The predicted molar refractivity (Wildman–Crippen MR) is 99.2 cm³/mol. The number of ether oxygens (including phenoxy) is 2. The number of amides is 1. The van der Waals surface area contributed by atoms with Crippen molar-refractivity contribution >= 4 is 39.3 Å². The number of fused-ring (bicyclic) bond motifs is 2. The molecule has 7 nitrogen and oxygen atoms in total. The Labute approximate surface area is 164 Å². The van der Waals surface area contributed by atoms with E-state index in [9.17, 15) is 9.59 Å². The Hall–Kier alpha value is -1.19. The molecule has 0 saturated carbocycles. The molecule has 2 aliphatic heterocycles. The number of carboxylic acid groups (broad SMARTS) is 1. The molecular weight excluding hydrogens is 424 g/mol. The van der Waals surface area contributed by atoms with Gasteiger partial charge in [0.25, 0.3) is 0 Å². The monoisotopic (exact) mass is 446 g/mol. The zero-order valence-electron chi connectivity index (χ0n) is 15.0. The number of aromatic nitrogens is 1. The average Bonchev–Trinajstić information content (AvgIpc) is 3.06. The Morgan fingerprint density at radius 2 is 2.00 bits per heavy atom. The molecule has 2 atom stereocenters. The molecule has 0 radical (unpaired) electrons. The Morgan fingerprint density at radius 3 is 2.46 bits per heavy atom. The van der Waals surface area contributed by atoms with E-state index in [1.165, 1.54) is 11.3 Å². The second-order valence-corrected chi connectivity index (χ2v) is 9.50. The minimum absolute atomic E-state index is 0.0416. The Morgan fingerprint density at radius 1 is 1.38 bits per heavy atom. The number of piperidine rings is 1. The van der Waals surface area contributed by atoms with E-state index in [0.717, 1.165) is 17.8 Å². The van der Waals surface area contributed by atoms with Gasteiger partial charge in [-0.1, -0.05) is 0 Å². The predicted octanol–water partition coefficient (Wildman–Crippen LogP) is 3.76. The zero-order valence-corrected chi connectivity index (χ0v) is 17.4. The highest BCUT2D eigenvalue weighted by Crippen LogP contribution is 2.49. The Balaban J connectivity index is 1.85. The van der Waals surface area contributed by atoms with E-state index in [4.69, 9.17) is 14.6 Å². The summed E-state index contributed by atoms with van der Waals surface area (Å²) < 4.78 is 12.2. The smallest absolute Gasteiger partial charge is 0.410 e. The minimum atomic E-state index is -1.01. The molecule has 0 spiro atoms. The van der Waals surface area contributed by atoms with Gasteiger partial charge >= 0.3 is 12.1 Å². The fourth-order valence-corrected chi connectivity index (χ4v) is 5.26. The van der Waals surface area contributed by atoms with Crippen LogP contribution in [0.3, 0.4) is 0 Å². The molecule has 144 valence electrons. The van der Waals surface area contributed by atoms with Crippen LogP contribution in [0, 0.1) is 0 Å². The van der Waals surface area contributed by atoms with Gasteiger partial charge in [-0.25, -0.2) is 14.6 Å². The first-order valence-electron chi connectivity index (χ1n) is 8.58. The van der Waals surface area contributed by atoms with Crippen molar-refractivity contribution in [2.45, 2.75) is 69.7 Å². The van der Waals surface area contributed by atoms with E-state index in [1.807, 2.05) is 31.1 Å². The van der Waals surface area contributed by atoms with Crippen molar-refractivity contribution in [1.82, 2.24) is 9.88 Å². The summed E-state index contributed by atoms with van der Waals surface area (Å²) in [5, 5.41) is 11.7. The fourth-order valence-electron chi connectivity index (χ4n) is 3.84. The summed E-state index contributed by atoms with van der Waals surface area (Å²) in [6.45, 7) is 5.17. The van der Waals surface area contributed by atoms with Crippen LogP contribution in [0.5, 0.6) is 0 Å². The molecule has 3 rings (SSSR count). The Bertz CT molecular complexity index is 688. The topological polar surface area (TPSA) is 89.0 Å². The molecule has 2 aliphatic rings. The third-order valence-corrected chi connectivity index (χ3v) is 6.43. The van der Waals surface area contributed by atoms with Gasteiger partial charge in [-0.05, 0) is 49.5 Å².